The molecule has 2 rings (SSSR count). The van der Waals surface area contributed by atoms with Crippen LogP contribution in [-0.4, -0.2) is 22.0 Å². The molecule has 1 aromatic carbocycles. The summed E-state index contributed by atoms with van der Waals surface area (Å²) in [5, 5.41) is 12.4. The third-order valence-corrected chi connectivity index (χ3v) is 4.27. The van der Waals surface area contributed by atoms with Gasteiger partial charge in [0.05, 0.1) is 17.4 Å². The summed E-state index contributed by atoms with van der Waals surface area (Å²) in [5.41, 5.74) is 3.86. The van der Waals surface area contributed by atoms with Gasteiger partial charge in [0, 0.05) is 9.50 Å². The maximum Gasteiger partial charge on any atom is 0.103 e. The first-order valence-electron chi connectivity index (χ1n) is 6.01. The molecule has 0 amide bonds. The molecule has 0 aliphatic carbocycles. The van der Waals surface area contributed by atoms with Crippen molar-refractivity contribution >= 4 is 27.5 Å². The smallest absolute Gasteiger partial charge is 0.103 e. The molecule has 0 radical (unpaired) electrons. The standard InChI is InChI=1S/C13H16BrClN4/c1-7-5-10(14)12(6-11(7)15)19-9(3)13(17-18-19)8(2)16-4/h5-6,8,16H,1-4H3. The Balaban J connectivity index is 2.54. The van der Waals surface area contributed by atoms with Crippen LogP contribution in [-0.2, 0) is 0 Å². The van der Waals surface area contributed by atoms with E-state index in [9.17, 15) is 0 Å². The summed E-state index contributed by atoms with van der Waals surface area (Å²) in [6.07, 6.45) is 0. The van der Waals surface area contributed by atoms with E-state index in [4.69, 9.17) is 11.6 Å². The van der Waals surface area contributed by atoms with E-state index in [1.54, 1.807) is 4.68 Å². The van der Waals surface area contributed by atoms with Crippen molar-refractivity contribution in [3.63, 3.8) is 0 Å². The van der Waals surface area contributed by atoms with Crippen LogP contribution in [0.15, 0.2) is 16.6 Å². The maximum atomic E-state index is 6.19. The highest BCUT2D eigenvalue weighted by Gasteiger charge is 2.17. The lowest BCUT2D eigenvalue weighted by Gasteiger charge is -2.10. The fourth-order valence-corrected chi connectivity index (χ4v) is 2.69. The number of rotatable bonds is 3. The summed E-state index contributed by atoms with van der Waals surface area (Å²) in [4.78, 5) is 0. The summed E-state index contributed by atoms with van der Waals surface area (Å²) in [6.45, 7) is 6.03. The summed E-state index contributed by atoms with van der Waals surface area (Å²) in [5.74, 6) is 0. The van der Waals surface area contributed by atoms with Crippen LogP contribution >= 0.6 is 27.5 Å². The molecular formula is C13H16BrClN4. The zero-order chi connectivity index (χ0) is 14.2. The number of hydrogen-bond donors (Lipinski definition) is 1. The second kappa shape index (κ2) is 5.61. The lowest BCUT2D eigenvalue weighted by atomic mass is 10.2. The lowest BCUT2D eigenvalue weighted by Crippen LogP contribution is -2.14. The van der Waals surface area contributed by atoms with Crippen molar-refractivity contribution in [2.24, 2.45) is 0 Å². The monoisotopic (exact) mass is 342 g/mol. The van der Waals surface area contributed by atoms with Crippen LogP contribution in [0.4, 0.5) is 0 Å². The van der Waals surface area contributed by atoms with Gasteiger partial charge in [-0.15, -0.1) is 5.10 Å². The van der Waals surface area contributed by atoms with Crippen molar-refractivity contribution in [1.82, 2.24) is 20.3 Å². The molecule has 0 fully saturated rings. The molecule has 102 valence electrons. The molecule has 0 spiro atoms. The average molecular weight is 344 g/mol. The van der Waals surface area contributed by atoms with E-state index in [0.717, 1.165) is 32.1 Å². The van der Waals surface area contributed by atoms with Gasteiger partial charge in [0.15, 0.2) is 0 Å². The SMILES string of the molecule is CNC(C)c1nnn(-c2cc(Cl)c(C)cc2Br)c1C. The highest BCUT2D eigenvalue weighted by Crippen LogP contribution is 2.29. The molecule has 2 aromatic rings. The molecule has 0 saturated heterocycles. The Morgan fingerprint density at radius 2 is 2.05 bits per heavy atom. The zero-order valence-electron chi connectivity index (χ0n) is 11.3. The predicted molar refractivity (Wildman–Crippen MR) is 81.0 cm³/mol. The first kappa shape index (κ1) is 14.5. The van der Waals surface area contributed by atoms with Crippen LogP contribution in [0.2, 0.25) is 5.02 Å². The summed E-state index contributed by atoms with van der Waals surface area (Å²) in [7, 11) is 1.90. The van der Waals surface area contributed by atoms with Gasteiger partial charge in [-0.25, -0.2) is 4.68 Å². The minimum atomic E-state index is 0.161. The molecule has 1 N–H and O–H groups in total. The van der Waals surface area contributed by atoms with E-state index in [2.05, 4.69) is 38.5 Å². The largest absolute Gasteiger partial charge is 0.312 e. The summed E-state index contributed by atoms with van der Waals surface area (Å²) < 4.78 is 2.75. The molecule has 4 nitrogen and oxygen atoms in total. The van der Waals surface area contributed by atoms with E-state index < -0.39 is 0 Å². The quantitative estimate of drug-likeness (QED) is 0.926. The van der Waals surface area contributed by atoms with Crippen LogP contribution in [0.5, 0.6) is 0 Å². The van der Waals surface area contributed by atoms with Crippen molar-refractivity contribution in [3.8, 4) is 5.69 Å². The van der Waals surface area contributed by atoms with Gasteiger partial charge in [-0.05, 0) is 61.4 Å². The molecule has 1 unspecified atom stereocenters. The maximum absolute atomic E-state index is 6.19. The molecule has 1 heterocycles. The lowest BCUT2D eigenvalue weighted by molar-refractivity contribution is 0.627. The number of nitrogens with one attached hydrogen (secondary N) is 1. The second-order valence-corrected chi connectivity index (χ2v) is 5.80. The van der Waals surface area contributed by atoms with E-state index >= 15 is 0 Å². The van der Waals surface area contributed by atoms with Crippen molar-refractivity contribution < 1.29 is 0 Å². The van der Waals surface area contributed by atoms with E-state index in [-0.39, 0.29) is 6.04 Å². The van der Waals surface area contributed by atoms with E-state index in [0.29, 0.717) is 0 Å². The number of benzene rings is 1. The van der Waals surface area contributed by atoms with Gasteiger partial charge >= 0.3 is 0 Å². The minimum Gasteiger partial charge on any atom is -0.312 e. The third-order valence-electron chi connectivity index (χ3n) is 3.23. The molecule has 0 bridgehead atoms. The van der Waals surface area contributed by atoms with Crippen LogP contribution in [0.1, 0.15) is 29.9 Å². The van der Waals surface area contributed by atoms with Gasteiger partial charge < -0.3 is 5.32 Å². The van der Waals surface area contributed by atoms with Gasteiger partial charge in [-0.3, -0.25) is 0 Å². The first-order chi connectivity index (χ1) is 8.95. The molecule has 1 aromatic heterocycles. The Labute approximate surface area is 126 Å². The first-order valence-corrected chi connectivity index (χ1v) is 7.18. The molecule has 6 heteroatoms. The van der Waals surface area contributed by atoms with E-state index in [1.165, 1.54) is 0 Å². The second-order valence-electron chi connectivity index (χ2n) is 4.54. The fraction of sp³-hybridized carbons (Fsp3) is 0.385. The fourth-order valence-electron chi connectivity index (χ4n) is 1.90. The summed E-state index contributed by atoms with van der Waals surface area (Å²) >= 11 is 9.74. The minimum absolute atomic E-state index is 0.161. The normalized spacial score (nSPS) is 12.7. The Morgan fingerprint density at radius 3 is 2.68 bits per heavy atom. The Morgan fingerprint density at radius 1 is 1.37 bits per heavy atom. The van der Waals surface area contributed by atoms with E-state index in [1.807, 2.05) is 33.0 Å². The molecular weight excluding hydrogens is 328 g/mol. The van der Waals surface area contributed by atoms with Crippen LogP contribution in [0.25, 0.3) is 5.69 Å². The van der Waals surface area contributed by atoms with Crippen molar-refractivity contribution in [3.05, 3.63) is 38.6 Å². The number of halogens is 2. The van der Waals surface area contributed by atoms with Gasteiger partial charge in [-0.1, -0.05) is 16.8 Å². The molecule has 0 aliphatic heterocycles. The van der Waals surface area contributed by atoms with Gasteiger partial charge in [-0.2, -0.15) is 0 Å². The molecule has 0 aliphatic rings. The van der Waals surface area contributed by atoms with Gasteiger partial charge in [0.1, 0.15) is 5.69 Å². The highest BCUT2D eigenvalue weighted by atomic mass is 79.9. The number of aryl methyl sites for hydroxylation is 1. The highest BCUT2D eigenvalue weighted by molar-refractivity contribution is 9.10. The third kappa shape index (κ3) is 2.68. The average Bonchev–Trinajstić information content (AvgIpc) is 2.75. The van der Waals surface area contributed by atoms with Gasteiger partial charge in [0.2, 0.25) is 0 Å². The Bertz CT molecular complexity index is 609. The zero-order valence-corrected chi connectivity index (χ0v) is 13.7. The van der Waals surface area contributed by atoms with Crippen LogP contribution in [0, 0.1) is 13.8 Å². The van der Waals surface area contributed by atoms with Crippen molar-refractivity contribution in [2.45, 2.75) is 26.8 Å². The summed E-state index contributed by atoms with van der Waals surface area (Å²) in [6, 6.07) is 4.05. The number of nitrogens with zero attached hydrogens (tertiary/aromatic N) is 3. The van der Waals surface area contributed by atoms with Crippen LogP contribution in [0.3, 0.4) is 0 Å². The molecule has 0 saturated carbocycles. The Hall–Kier alpha value is -0.910. The molecule has 19 heavy (non-hydrogen) atoms. The van der Waals surface area contributed by atoms with Crippen LogP contribution < -0.4 is 5.32 Å². The Kier molecular flexibility index (Phi) is 4.28. The van der Waals surface area contributed by atoms with Gasteiger partial charge in [0.25, 0.3) is 0 Å². The van der Waals surface area contributed by atoms with Crippen molar-refractivity contribution in [1.29, 1.82) is 0 Å². The molecule has 1 atom stereocenters. The predicted octanol–water partition coefficient (Wildman–Crippen LogP) is 3.58. The number of aromatic nitrogens is 3. The topological polar surface area (TPSA) is 42.7 Å². The van der Waals surface area contributed by atoms with Crippen molar-refractivity contribution in [2.75, 3.05) is 7.05 Å². The number of hydrogen-bond acceptors (Lipinski definition) is 3.